The maximum Gasteiger partial charge on any atom is 0.238 e. The van der Waals surface area contributed by atoms with Crippen LogP contribution in [0, 0.1) is 0 Å². The maximum absolute atomic E-state index is 5.74. The van der Waals surface area contributed by atoms with Gasteiger partial charge in [-0.2, -0.15) is 4.98 Å². The van der Waals surface area contributed by atoms with E-state index >= 15 is 0 Å². The van der Waals surface area contributed by atoms with Gasteiger partial charge in [-0.15, -0.1) is 0 Å². The second-order valence-electron chi connectivity index (χ2n) is 4.43. The van der Waals surface area contributed by atoms with Crippen LogP contribution in [0.15, 0.2) is 36.4 Å². The van der Waals surface area contributed by atoms with Gasteiger partial charge < -0.3 is 20.5 Å². The molecular weight excluding hydrogens is 254 g/mol. The topological polar surface area (TPSA) is 69.4 Å². The predicted octanol–water partition coefficient (Wildman–Crippen LogP) is 2.85. The molecule has 1 unspecified atom stereocenters. The van der Waals surface area contributed by atoms with Gasteiger partial charge in [0.25, 0.3) is 0 Å². The summed E-state index contributed by atoms with van der Waals surface area (Å²) in [6.07, 6.45) is 0. The number of methoxy groups -OCH3 is 2. The smallest absolute Gasteiger partial charge is 0.238 e. The van der Waals surface area contributed by atoms with Crippen molar-refractivity contribution in [3.63, 3.8) is 0 Å². The lowest BCUT2D eigenvalue weighted by Crippen LogP contribution is -2.08. The number of hydrogen-bond donors (Lipinski definition) is 2. The number of hydrogen-bond acceptors (Lipinski definition) is 5. The van der Waals surface area contributed by atoms with Gasteiger partial charge in [-0.1, -0.05) is 12.1 Å². The summed E-state index contributed by atoms with van der Waals surface area (Å²) < 4.78 is 10.3. The Hall–Kier alpha value is -2.43. The molecule has 2 rings (SSSR count). The number of nitrogens with two attached hydrogens (primary N) is 1. The molecule has 0 amide bonds. The monoisotopic (exact) mass is 273 g/mol. The van der Waals surface area contributed by atoms with E-state index in [2.05, 4.69) is 17.2 Å². The molecule has 3 N–H and O–H groups in total. The SMILES string of the molecule is COc1ccc(C(C)Nc2ccc(N)c(OC)n2)cc1. The number of ether oxygens (including phenoxy) is 2. The molecule has 0 saturated heterocycles. The van der Waals surface area contributed by atoms with Crippen molar-refractivity contribution in [3.05, 3.63) is 42.0 Å². The van der Waals surface area contributed by atoms with Crippen molar-refractivity contribution >= 4 is 11.5 Å². The number of benzene rings is 1. The van der Waals surface area contributed by atoms with E-state index in [1.165, 1.54) is 0 Å². The standard InChI is InChI=1S/C15H19N3O2/c1-10(11-4-6-12(19-2)7-5-11)17-14-9-8-13(16)15(18-14)20-3/h4-10H,16H2,1-3H3,(H,17,18). The van der Waals surface area contributed by atoms with Gasteiger partial charge in [-0.25, -0.2) is 0 Å². The molecule has 1 heterocycles. The van der Waals surface area contributed by atoms with Crippen LogP contribution in [-0.4, -0.2) is 19.2 Å². The summed E-state index contributed by atoms with van der Waals surface area (Å²) in [5.74, 6) is 1.99. The summed E-state index contributed by atoms with van der Waals surface area (Å²) in [5, 5.41) is 3.31. The minimum absolute atomic E-state index is 0.113. The van der Waals surface area contributed by atoms with E-state index in [4.69, 9.17) is 15.2 Å². The highest BCUT2D eigenvalue weighted by atomic mass is 16.5. The number of anilines is 2. The van der Waals surface area contributed by atoms with Gasteiger partial charge in [-0.05, 0) is 36.8 Å². The number of nitrogen functional groups attached to an aromatic ring is 1. The fourth-order valence-corrected chi connectivity index (χ4v) is 1.89. The van der Waals surface area contributed by atoms with Crippen LogP contribution in [0.3, 0.4) is 0 Å². The van der Waals surface area contributed by atoms with Gasteiger partial charge in [-0.3, -0.25) is 0 Å². The Morgan fingerprint density at radius 3 is 2.35 bits per heavy atom. The molecule has 0 aliphatic heterocycles. The van der Waals surface area contributed by atoms with Crippen LogP contribution >= 0.6 is 0 Å². The third-order valence-corrected chi connectivity index (χ3v) is 3.06. The number of nitrogens with one attached hydrogen (secondary N) is 1. The highest BCUT2D eigenvalue weighted by Gasteiger charge is 2.08. The highest BCUT2D eigenvalue weighted by molar-refractivity contribution is 5.54. The Morgan fingerprint density at radius 1 is 1.05 bits per heavy atom. The summed E-state index contributed by atoms with van der Waals surface area (Å²) in [5.41, 5.74) is 7.41. The molecule has 5 nitrogen and oxygen atoms in total. The zero-order chi connectivity index (χ0) is 14.5. The van der Waals surface area contributed by atoms with E-state index in [1.807, 2.05) is 30.3 Å². The van der Waals surface area contributed by atoms with Crippen molar-refractivity contribution in [1.82, 2.24) is 4.98 Å². The Bertz CT molecular complexity index is 570. The lowest BCUT2D eigenvalue weighted by Gasteiger charge is -2.16. The van der Waals surface area contributed by atoms with E-state index < -0.39 is 0 Å². The first-order chi connectivity index (χ1) is 9.63. The van der Waals surface area contributed by atoms with Gasteiger partial charge >= 0.3 is 0 Å². The number of rotatable bonds is 5. The third kappa shape index (κ3) is 3.12. The zero-order valence-electron chi connectivity index (χ0n) is 11.9. The second-order valence-corrected chi connectivity index (χ2v) is 4.43. The van der Waals surface area contributed by atoms with Crippen LogP contribution in [-0.2, 0) is 0 Å². The molecule has 2 aromatic rings. The summed E-state index contributed by atoms with van der Waals surface area (Å²) >= 11 is 0. The molecule has 106 valence electrons. The normalized spacial score (nSPS) is 11.8. The molecule has 0 fully saturated rings. The van der Waals surface area contributed by atoms with E-state index in [0.717, 1.165) is 17.1 Å². The molecule has 0 bridgehead atoms. The van der Waals surface area contributed by atoms with Crippen molar-refractivity contribution in [1.29, 1.82) is 0 Å². The van der Waals surface area contributed by atoms with Crippen molar-refractivity contribution in [2.45, 2.75) is 13.0 Å². The summed E-state index contributed by atoms with van der Waals surface area (Å²) in [4.78, 5) is 4.31. The van der Waals surface area contributed by atoms with Crippen LogP contribution in [0.4, 0.5) is 11.5 Å². The van der Waals surface area contributed by atoms with Gasteiger partial charge in [0.05, 0.1) is 19.9 Å². The Balaban J connectivity index is 2.12. The zero-order valence-corrected chi connectivity index (χ0v) is 11.9. The molecule has 0 radical (unpaired) electrons. The molecule has 1 aromatic heterocycles. The first-order valence-corrected chi connectivity index (χ1v) is 6.35. The second kappa shape index (κ2) is 6.14. The minimum Gasteiger partial charge on any atom is -0.497 e. The third-order valence-electron chi connectivity index (χ3n) is 3.06. The van der Waals surface area contributed by atoms with Crippen molar-refractivity contribution in [2.75, 3.05) is 25.3 Å². The molecular formula is C15H19N3O2. The van der Waals surface area contributed by atoms with E-state index in [1.54, 1.807) is 20.3 Å². The van der Waals surface area contributed by atoms with Crippen LogP contribution in [0.2, 0.25) is 0 Å². The van der Waals surface area contributed by atoms with Crippen LogP contribution in [0.1, 0.15) is 18.5 Å². The van der Waals surface area contributed by atoms with Gasteiger partial charge in [0, 0.05) is 6.04 Å². The van der Waals surface area contributed by atoms with Crippen LogP contribution < -0.4 is 20.5 Å². The lowest BCUT2D eigenvalue weighted by molar-refractivity contribution is 0.400. The van der Waals surface area contributed by atoms with E-state index in [0.29, 0.717) is 11.6 Å². The highest BCUT2D eigenvalue weighted by Crippen LogP contribution is 2.24. The van der Waals surface area contributed by atoms with Crippen molar-refractivity contribution in [3.8, 4) is 11.6 Å². The van der Waals surface area contributed by atoms with Gasteiger partial charge in [0.2, 0.25) is 5.88 Å². The minimum atomic E-state index is 0.113. The van der Waals surface area contributed by atoms with E-state index in [9.17, 15) is 0 Å². The molecule has 5 heteroatoms. The summed E-state index contributed by atoms with van der Waals surface area (Å²) in [6, 6.07) is 11.6. The molecule has 20 heavy (non-hydrogen) atoms. The largest absolute Gasteiger partial charge is 0.497 e. The Kier molecular flexibility index (Phi) is 4.30. The van der Waals surface area contributed by atoms with Crippen LogP contribution in [0.25, 0.3) is 0 Å². The van der Waals surface area contributed by atoms with Crippen molar-refractivity contribution in [2.24, 2.45) is 0 Å². The summed E-state index contributed by atoms with van der Waals surface area (Å²) in [7, 11) is 3.20. The Labute approximate surface area is 118 Å². The summed E-state index contributed by atoms with van der Waals surface area (Å²) in [6.45, 7) is 2.06. The van der Waals surface area contributed by atoms with Gasteiger partial charge in [0.1, 0.15) is 11.6 Å². The predicted molar refractivity (Wildman–Crippen MR) is 80.2 cm³/mol. The first kappa shape index (κ1) is 14.0. The fourth-order valence-electron chi connectivity index (χ4n) is 1.89. The molecule has 1 aromatic carbocycles. The average molecular weight is 273 g/mol. The van der Waals surface area contributed by atoms with E-state index in [-0.39, 0.29) is 6.04 Å². The lowest BCUT2D eigenvalue weighted by atomic mass is 10.1. The number of aromatic nitrogens is 1. The number of pyridine rings is 1. The molecule has 0 aliphatic rings. The first-order valence-electron chi connectivity index (χ1n) is 6.35. The van der Waals surface area contributed by atoms with Crippen LogP contribution in [0.5, 0.6) is 11.6 Å². The number of nitrogens with zero attached hydrogens (tertiary/aromatic N) is 1. The molecule has 0 spiro atoms. The van der Waals surface area contributed by atoms with Gasteiger partial charge in [0.15, 0.2) is 0 Å². The quantitative estimate of drug-likeness (QED) is 0.876. The maximum atomic E-state index is 5.74. The molecule has 0 saturated carbocycles. The molecule has 1 atom stereocenters. The molecule has 0 aliphatic carbocycles. The Morgan fingerprint density at radius 2 is 1.75 bits per heavy atom. The average Bonchev–Trinajstić information content (AvgIpc) is 2.49. The fraction of sp³-hybridized carbons (Fsp3) is 0.267. The van der Waals surface area contributed by atoms with Crippen molar-refractivity contribution < 1.29 is 9.47 Å².